The van der Waals surface area contributed by atoms with Gasteiger partial charge in [0.15, 0.2) is 0 Å². The third kappa shape index (κ3) is 7.15. The van der Waals surface area contributed by atoms with Crippen molar-refractivity contribution in [2.75, 3.05) is 42.9 Å². The number of pyridine rings is 1. The zero-order chi connectivity index (χ0) is 29.0. The summed E-state index contributed by atoms with van der Waals surface area (Å²) in [5, 5.41) is 5.47. The van der Waals surface area contributed by atoms with Crippen LogP contribution in [-0.4, -0.2) is 75.3 Å². The van der Waals surface area contributed by atoms with E-state index in [0.717, 1.165) is 46.2 Å². The van der Waals surface area contributed by atoms with Crippen molar-refractivity contribution in [1.29, 1.82) is 0 Å². The van der Waals surface area contributed by atoms with Crippen LogP contribution in [0.5, 0.6) is 0 Å². The molecule has 1 unspecified atom stereocenters. The Hall–Kier alpha value is -3.09. The molecule has 12 nitrogen and oxygen atoms in total. The van der Waals surface area contributed by atoms with Gasteiger partial charge < -0.3 is 26.2 Å². The molecule has 4 rings (SSSR count). The molecule has 3 amide bonds. The first-order valence-electron chi connectivity index (χ1n) is 11.8. The van der Waals surface area contributed by atoms with E-state index < -0.39 is 27.3 Å². The van der Waals surface area contributed by atoms with Crippen molar-refractivity contribution in [3.8, 4) is 0 Å². The van der Waals surface area contributed by atoms with E-state index in [9.17, 15) is 23.2 Å². The molecule has 212 valence electrons. The Morgan fingerprint density at radius 3 is 2.52 bits per heavy atom. The second kappa shape index (κ2) is 12.6. The summed E-state index contributed by atoms with van der Waals surface area (Å²) in [6, 6.07) is 2.00. The number of carbonyl (C=O) groups excluding carboxylic acids is 3. The van der Waals surface area contributed by atoms with Gasteiger partial charge in [-0.05, 0) is 13.0 Å². The number of rotatable bonds is 8. The second-order valence-electron chi connectivity index (χ2n) is 8.59. The third-order valence-electron chi connectivity index (χ3n) is 5.88. The van der Waals surface area contributed by atoms with Crippen LogP contribution >= 0.6 is 45.5 Å². The molecule has 0 aromatic carbocycles. The fraction of sp³-hybridized carbons (Fsp3) is 0.348. The standard InChI is InChI=1S/C23H23ClF2IN9O3S/c1-12(22-30-10-16(40-22)21(39)34-17-6-13(23(25,26)27)14(24)9-29-17)33-20(38)15-7-18(32-11-31-15)35-2-4-36(5-3-35)19(37)8-28/h6-7,9-12H,2-5,8,28H2,1H3,(H,33,38)(H,29,34,39). The SMILES string of the molecule is CC(NC(=O)c1cc(N2CCN(C(=O)CN)CC2)ncn1)c1ncc(C(=O)Nc2cc(C(F)(F)I)c(Cl)cn2)s1. The predicted octanol–water partition coefficient (Wildman–Crippen LogP) is 2.82. The molecule has 1 atom stereocenters. The molecular formula is C23H23ClF2IN9O3S. The van der Waals surface area contributed by atoms with E-state index >= 15 is 0 Å². The van der Waals surface area contributed by atoms with Gasteiger partial charge in [0.1, 0.15) is 33.5 Å². The first-order chi connectivity index (χ1) is 19.0. The first kappa shape index (κ1) is 29.9. The van der Waals surface area contributed by atoms with E-state index in [2.05, 4.69) is 30.6 Å². The largest absolute Gasteiger partial charge is 0.353 e. The third-order valence-corrected chi connectivity index (χ3v) is 7.95. The zero-order valence-electron chi connectivity index (χ0n) is 20.9. The molecule has 3 aromatic heterocycles. The Morgan fingerprint density at radius 1 is 1.12 bits per heavy atom. The number of halogens is 4. The summed E-state index contributed by atoms with van der Waals surface area (Å²) in [6.45, 7) is 3.73. The van der Waals surface area contributed by atoms with Crippen molar-refractivity contribution in [1.82, 2.24) is 30.2 Å². The highest BCUT2D eigenvalue weighted by molar-refractivity contribution is 14.1. The lowest BCUT2D eigenvalue weighted by Crippen LogP contribution is -2.50. The van der Waals surface area contributed by atoms with Gasteiger partial charge in [-0.1, -0.05) is 11.6 Å². The number of nitrogens with zero attached hydrogens (tertiary/aromatic N) is 6. The number of piperazine rings is 1. The molecule has 17 heteroatoms. The maximum Gasteiger partial charge on any atom is 0.323 e. The van der Waals surface area contributed by atoms with Gasteiger partial charge in [-0.15, -0.1) is 11.3 Å². The van der Waals surface area contributed by atoms with Crippen molar-refractivity contribution >= 4 is 74.9 Å². The fourth-order valence-corrected chi connectivity index (χ4v) is 5.43. The quantitative estimate of drug-likeness (QED) is 0.237. The molecule has 0 radical (unpaired) electrons. The maximum atomic E-state index is 13.7. The number of hydrogen-bond donors (Lipinski definition) is 3. The van der Waals surface area contributed by atoms with Crippen LogP contribution in [0.15, 0.2) is 30.9 Å². The van der Waals surface area contributed by atoms with Crippen molar-refractivity contribution in [2.45, 2.75) is 16.9 Å². The average Bonchev–Trinajstić information content (AvgIpc) is 3.44. The van der Waals surface area contributed by atoms with E-state index in [1.165, 1.54) is 12.5 Å². The lowest BCUT2D eigenvalue weighted by atomic mass is 10.2. The van der Waals surface area contributed by atoms with Crippen LogP contribution in [0.2, 0.25) is 5.02 Å². The highest BCUT2D eigenvalue weighted by Gasteiger charge is 2.31. The number of nitrogens with one attached hydrogen (secondary N) is 2. The Bertz CT molecular complexity index is 1420. The minimum atomic E-state index is -3.24. The van der Waals surface area contributed by atoms with Crippen molar-refractivity contribution in [2.24, 2.45) is 5.73 Å². The molecule has 0 spiro atoms. The molecule has 4 N–H and O–H groups in total. The molecule has 1 fully saturated rings. The number of alkyl halides is 3. The zero-order valence-corrected chi connectivity index (χ0v) is 24.6. The van der Waals surface area contributed by atoms with Crippen LogP contribution in [0.1, 0.15) is 43.7 Å². The Labute approximate surface area is 249 Å². The van der Waals surface area contributed by atoms with Gasteiger partial charge in [-0.2, -0.15) is 8.78 Å². The van der Waals surface area contributed by atoms with Crippen LogP contribution < -0.4 is 21.3 Å². The molecule has 1 saturated heterocycles. The monoisotopic (exact) mass is 705 g/mol. The summed E-state index contributed by atoms with van der Waals surface area (Å²) in [5.74, 6) is -0.722. The van der Waals surface area contributed by atoms with Gasteiger partial charge in [-0.25, -0.2) is 19.9 Å². The molecule has 0 aliphatic carbocycles. The van der Waals surface area contributed by atoms with Gasteiger partial charge >= 0.3 is 3.93 Å². The van der Waals surface area contributed by atoms with Crippen LogP contribution in [0.4, 0.5) is 20.4 Å². The fourth-order valence-electron chi connectivity index (χ4n) is 3.79. The molecule has 40 heavy (non-hydrogen) atoms. The van der Waals surface area contributed by atoms with E-state index in [0.29, 0.717) is 37.0 Å². The molecule has 1 aliphatic heterocycles. The van der Waals surface area contributed by atoms with Gasteiger partial charge in [0.25, 0.3) is 11.8 Å². The topological polar surface area (TPSA) is 159 Å². The molecular weight excluding hydrogens is 683 g/mol. The van der Waals surface area contributed by atoms with Gasteiger partial charge in [0, 0.05) is 61.0 Å². The first-order valence-corrected chi connectivity index (χ1v) is 14.1. The van der Waals surface area contributed by atoms with Gasteiger partial charge in [-0.3, -0.25) is 14.4 Å². The average molecular weight is 706 g/mol. The molecule has 3 aromatic rings. The van der Waals surface area contributed by atoms with Crippen LogP contribution in [-0.2, 0) is 8.72 Å². The molecule has 0 saturated carbocycles. The van der Waals surface area contributed by atoms with Crippen LogP contribution in [0.25, 0.3) is 0 Å². The van der Waals surface area contributed by atoms with Gasteiger partial charge in [0.05, 0.1) is 29.4 Å². The number of carbonyl (C=O) groups is 3. The summed E-state index contributed by atoms with van der Waals surface area (Å²) in [4.78, 5) is 57.6. The molecule has 4 heterocycles. The van der Waals surface area contributed by atoms with Gasteiger partial charge in [0.2, 0.25) is 5.91 Å². The summed E-state index contributed by atoms with van der Waals surface area (Å²) < 4.78 is 24.2. The Kier molecular flexibility index (Phi) is 9.42. The number of aromatic nitrogens is 4. The number of amides is 3. The number of hydrogen-bond acceptors (Lipinski definition) is 10. The lowest BCUT2D eigenvalue weighted by Gasteiger charge is -2.35. The summed E-state index contributed by atoms with van der Waals surface area (Å²) in [5.41, 5.74) is 5.10. The Balaban J connectivity index is 1.37. The van der Waals surface area contributed by atoms with Crippen molar-refractivity contribution in [3.05, 3.63) is 57.0 Å². The summed E-state index contributed by atoms with van der Waals surface area (Å²) in [6.07, 6.45) is 3.65. The predicted molar refractivity (Wildman–Crippen MR) is 153 cm³/mol. The molecule has 0 bridgehead atoms. The minimum Gasteiger partial charge on any atom is -0.353 e. The van der Waals surface area contributed by atoms with E-state index in [-0.39, 0.29) is 33.9 Å². The van der Waals surface area contributed by atoms with E-state index in [4.69, 9.17) is 17.3 Å². The highest BCUT2D eigenvalue weighted by Crippen LogP contribution is 2.39. The number of anilines is 2. The normalized spacial score (nSPS) is 14.6. The lowest BCUT2D eigenvalue weighted by molar-refractivity contribution is -0.129. The smallest absolute Gasteiger partial charge is 0.323 e. The van der Waals surface area contributed by atoms with Crippen molar-refractivity contribution < 1.29 is 23.2 Å². The van der Waals surface area contributed by atoms with Crippen molar-refractivity contribution in [3.63, 3.8) is 0 Å². The maximum absolute atomic E-state index is 13.7. The number of thiazole rings is 1. The summed E-state index contributed by atoms with van der Waals surface area (Å²) >= 11 is 7.77. The van der Waals surface area contributed by atoms with Crippen LogP contribution in [0, 0.1) is 0 Å². The summed E-state index contributed by atoms with van der Waals surface area (Å²) in [7, 11) is 0. The number of nitrogens with two attached hydrogens (primary N) is 1. The highest BCUT2D eigenvalue weighted by atomic mass is 127. The Morgan fingerprint density at radius 2 is 1.85 bits per heavy atom. The minimum absolute atomic E-state index is 0.0398. The van der Waals surface area contributed by atoms with E-state index in [1.807, 2.05) is 4.90 Å². The molecule has 1 aliphatic rings. The second-order valence-corrected chi connectivity index (χ2v) is 11.4. The van der Waals surface area contributed by atoms with Crippen LogP contribution in [0.3, 0.4) is 0 Å². The van der Waals surface area contributed by atoms with E-state index in [1.54, 1.807) is 17.9 Å².